The Bertz CT molecular complexity index is 634. The maximum Gasteiger partial charge on any atom is 0.129 e. The van der Waals surface area contributed by atoms with Crippen molar-refractivity contribution in [1.29, 1.82) is 0 Å². The molecule has 0 heterocycles. The van der Waals surface area contributed by atoms with Crippen molar-refractivity contribution in [3.63, 3.8) is 0 Å². The minimum Gasteiger partial charge on any atom is -0.127 e. The number of hydrogen-bond donors (Lipinski definition) is 0. The van der Waals surface area contributed by atoms with Crippen molar-refractivity contribution in [3.8, 4) is 11.5 Å². The first kappa shape index (κ1) is 18.6. The quantitative estimate of drug-likeness (QED) is 0.245. The molecule has 0 atom stereocenters. The fraction of sp³-hybridized carbons (Fsp3) is 0.176. The highest BCUT2D eigenvalue weighted by molar-refractivity contribution is 14.1. The highest BCUT2D eigenvalue weighted by Crippen LogP contribution is 2.11. The van der Waals surface area contributed by atoms with Crippen molar-refractivity contribution in [2.45, 2.75) is 19.6 Å². The summed E-state index contributed by atoms with van der Waals surface area (Å²) >= 11 is 13.7. The van der Waals surface area contributed by atoms with E-state index in [1.54, 1.807) is 0 Å². The van der Waals surface area contributed by atoms with Crippen LogP contribution in [0.2, 0.25) is 29.7 Å². The van der Waals surface area contributed by atoms with Gasteiger partial charge in [-0.05, 0) is 59.0 Å². The second kappa shape index (κ2) is 8.85. The van der Waals surface area contributed by atoms with Gasteiger partial charge in [0, 0.05) is 19.2 Å². The van der Waals surface area contributed by atoms with Crippen LogP contribution in [0.15, 0.2) is 48.5 Å². The van der Waals surface area contributed by atoms with Gasteiger partial charge in [-0.2, -0.15) is 0 Å². The van der Waals surface area contributed by atoms with Gasteiger partial charge in [-0.25, -0.2) is 0 Å². The predicted molar refractivity (Wildman–Crippen MR) is 106 cm³/mol. The van der Waals surface area contributed by atoms with E-state index in [1.807, 2.05) is 48.5 Å². The zero-order chi connectivity index (χ0) is 15.9. The Morgan fingerprint density at radius 1 is 0.905 bits per heavy atom. The van der Waals surface area contributed by atoms with Gasteiger partial charge in [0.05, 0.1) is 0 Å². The summed E-state index contributed by atoms with van der Waals surface area (Å²) in [6.45, 7) is 6.68. The Morgan fingerprint density at radius 3 is 1.90 bits per heavy atom. The summed E-state index contributed by atoms with van der Waals surface area (Å²) in [5.41, 5.74) is 4.30. The molecule has 0 aliphatic rings. The van der Waals surface area contributed by atoms with E-state index in [1.165, 1.54) is 3.57 Å². The number of hydrogen-bond acceptors (Lipinski definition) is 0. The third-order valence-electron chi connectivity index (χ3n) is 2.19. The van der Waals surface area contributed by atoms with Gasteiger partial charge in [0.25, 0.3) is 0 Å². The molecular weight excluding hydrogens is 430 g/mol. The Balaban J connectivity index is 0.000000235. The smallest absolute Gasteiger partial charge is 0.127 e. The van der Waals surface area contributed by atoms with E-state index in [4.69, 9.17) is 23.2 Å². The van der Waals surface area contributed by atoms with E-state index in [-0.39, 0.29) is 0 Å². The average molecular weight is 447 g/mol. The molecule has 0 fully saturated rings. The molecule has 0 aromatic heterocycles. The van der Waals surface area contributed by atoms with E-state index < -0.39 is 8.07 Å². The van der Waals surface area contributed by atoms with Crippen molar-refractivity contribution in [2.24, 2.45) is 0 Å². The highest BCUT2D eigenvalue weighted by atomic mass is 127. The zero-order valence-electron chi connectivity index (χ0n) is 12.3. The van der Waals surface area contributed by atoms with Crippen LogP contribution in [0.3, 0.4) is 0 Å². The minimum atomic E-state index is -1.26. The molecule has 0 amide bonds. The lowest BCUT2D eigenvalue weighted by molar-refractivity contribution is 1.65. The van der Waals surface area contributed by atoms with E-state index >= 15 is 0 Å². The molecular formula is C17H17Cl2ISi. The molecule has 2 aromatic rings. The standard InChI is InChI=1S/C11H13ClSi.C6H4ClI/c1-13(2,3)8-7-10-5-4-6-11(12)9-10;7-5-2-1-3-6(8)4-5/h4-6,9H,1-3H3;1-4H. The van der Waals surface area contributed by atoms with Crippen LogP contribution >= 0.6 is 45.8 Å². The van der Waals surface area contributed by atoms with Gasteiger partial charge < -0.3 is 0 Å². The normalized spacial score (nSPS) is 10.0. The van der Waals surface area contributed by atoms with Gasteiger partial charge >= 0.3 is 0 Å². The molecule has 21 heavy (non-hydrogen) atoms. The predicted octanol–water partition coefficient (Wildman–Crippen LogP) is 6.51. The van der Waals surface area contributed by atoms with Crippen LogP contribution in [0.4, 0.5) is 0 Å². The third kappa shape index (κ3) is 9.21. The first-order chi connectivity index (χ1) is 9.76. The Morgan fingerprint density at radius 2 is 1.48 bits per heavy atom. The molecule has 2 aromatic carbocycles. The molecule has 0 saturated heterocycles. The van der Waals surface area contributed by atoms with E-state index in [0.29, 0.717) is 0 Å². The van der Waals surface area contributed by atoms with Crippen LogP contribution in [0, 0.1) is 15.0 Å². The lowest BCUT2D eigenvalue weighted by Gasteiger charge is -2.03. The molecule has 0 aliphatic heterocycles. The summed E-state index contributed by atoms with van der Waals surface area (Å²) in [4.78, 5) is 0. The summed E-state index contributed by atoms with van der Waals surface area (Å²) in [5.74, 6) is 3.15. The van der Waals surface area contributed by atoms with Gasteiger partial charge in [0.2, 0.25) is 0 Å². The second-order valence-electron chi connectivity index (χ2n) is 5.45. The fourth-order valence-electron chi connectivity index (χ4n) is 1.29. The molecule has 0 saturated carbocycles. The summed E-state index contributed by atoms with van der Waals surface area (Å²) < 4.78 is 1.18. The van der Waals surface area contributed by atoms with Crippen molar-refractivity contribution in [2.75, 3.05) is 0 Å². The monoisotopic (exact) mass is 446 g/mol. The molecule has 110 valence electrons. The lowest BCUT2D eigenvalue weighted by Crippen LogP contribution is -2.16. The van der Waals surface area contributed by atoms with Crippen LogP contribution in [-0.2, 0) is 0 Å². The molecule has 0 bridgehead atoms. The number of benzene rings is 2. The van der Waals surface area contributed by atoms with Crippen LogP contribution in [0.1, 0.15) is 5.56 Å². The highest BCUT2D eigenvalue weighted by Gasteiger charge is 2.07. The maximum absolute atomic E-state index is 5.84. The van der Waals surface area contributed by atoms with Crippen LogP contribution in [0.25, 0.3) is 0 Å². The van der Waals surface area contributed by atoms with E-state index in [0.717, 1.165) is 15.6 Å². The first-order valence-corrected chi connectivity index (χ1v) is 11.8. The molecule has 0 nitrogen and oxygen atoms in total. The second-order valence-corrected chi connectivity index (χ2v) is 12.3. The molecule has 0 N–H and O–H groups in total. The topological polar surface area (TPSA) is 0 Å². The van der Waals surface area contributed by atoms with E-state index in [9.17, 15) is 0 Å². The minimum absolute atomic E-state index is 0.752. The van der Waals surface area contributed by atoms with Gasteiger partial charge in [-0.15, -0.1) is 5.54 Å². The van der Waals surface area contributed by atoms with E-state index in [2.05, 4.69) is 53.7 Å². The van der Waals surface area contributed by atoms with Crippen LogP contribution in [-0.4, -0.2) is 8.07 Å². The first-order valence-electron chi connectivity index (χ1n) is 6.46. The van der Waals surface area contributed by atoms with Crippen molar-refractivity contribution in [1.82, 2.24) is 0 Å². The Hall–Kier alpha value is -0.473. The van der Waals surface area contributed by atoms with Crippen LogP contribution < -0.4 is 0 Å². The maximum atomic E-state index is 5.84. The molecule has 0 unspecified atom stereocenters. The molecule has 0 aliphatic carbocycles. The summed E-state index contributed by atoms with van der Waals surface area (Å²) in [6, 6.07) is 15.4. The molecule has 0 spiro atoms. The summed E-state index contributed by atoms with van der Waals surface area (Å²) in [5, 5.41) is 1.55. The Kier molecular flexibility index (Phi) is 7.82. The zero-order valence-corrected chi connectivity index (χ0v) is 16.9. The van der Waals surface area contributed by atoms with Crippen molar-refractivity contribution < 1.29 is 0 Å². The molecule has 4 heteroatoms. The van der Waals surface area contributed by atoms with Gasteiger partial charge in [0.15, 0.2) is 0 Å². The Labute approximate surface area is 152 Å². The molecule has 0 radical (unpaired) electrons. The summed E-state index contributed by atoms with van der Waals surface area (Å²) in [6.07, 6.45) is 0. The average Bonchev–Trinajstić information content (AvgIpc) is 2.36. The van der Waals surface area contributed by atoms with Gasteiger partial charge in [-0.1, -0.05) is 60.9 Å². The van der Waals surface area contributed by atoms with Gasteiger partial charge in [0.1, 0.15) is 8.07 Å². The number of halogens is 3. The summed E-state index contributed by atoms with van der Waals surface area (Å²) in [7, 11) is -1.26. The molecule has 2 rings (SSSR count). The lowest BCUT2D eigenvalue weighted by atomic mass is 10.2. The number of rotatable bonds is 0. The van der Waals surface area contributed by atoms with Gasteiger partial charge in [-0.3, -0.25) is 0 Å². The third-order valence-corrected chi connectivity index (χ3v) is 4.21. The van der Waals surface area contributed by atoms with Crippen molar-refractivity contribution >= 4 is 53.9 Å². The van der Waals surface area contributed by atoms with Crippen molar-refractivity contribution in [3.05, 3.63) is 67.7 Å². The van der Waals surface area contributed by atoms with Crippen LogP contribution in [0.5, 0.6) is 0 Å². The largest absolute Gasteiger partial charge is 0.129 e. The SMILES string of the molecule is C[Si](C)(C)C#Cc1cccc(Cl)c1.Clc1cccc(I)c1. The fourth-order valence-corrected chi connectivity index (χ4v) is 2.91.